The quantitative estimate of drug-likeness (QED) is 0.778. The maximum atomic E-state index is 10.9. The van der Waals surface area contributed by atoms with Crippen molar-refractivity contribution in [2.75, 3.05) is 23.1 Å². The molecule has 5 heteroatoms. The molecule has 0 spiro atoms. The summed E-state index contributed by atoms with van der Waals surface area (Å²) in [4.78, 5) is 4.09. The summed E-state index contributed by atoms with van der Waals surface area (Å²) in [7, 11) is -0.789. The number of nitrogen functional groups attached to an aromatic ring is 1. The Morgan fingerprint density at radius 1 is 1.64 bits per heavy atom. The van der Waals surface area contributed by atoms with Crippen LogP contribution < -0.4 is 11.1 Å². The van der Waals surface area contributed by atoms with Crippen LogP contribution in [0.2, 0.25) is 0 Å². The van der Waals surface area contributed by atoms with Crippen molar-refractivity contribution in [2.24, 2.45) is 0 Å². The number of anilines is 2. The smallest absolute Gasteiger partial charge is 0.126 e. The first-order valence-electron chi connectivity index (χ1n) is 4.36. The third-order valence-corrected chi connectivity index (χ3v) is 2.63. The molecule has 1 heterocycles. The van der Waals surface area contributed by atoms with Gasteiger partial charge in [-0.05, 0) is 19.1 Å². The SMILES string of the molecule is CC(CS(C)=O)Nc1ccc(N)cn1. The number of nitrogens with two attached hydrogens (primary N) is 1. The van der Waals surface area contributed by atoms with Crippen molar-refractivity contribution in [2.45, 2.75) is 13.0 Å². The number of hydrogen-bond acceptors (Lipinski definition) is 4. The van der Waals surface area contributed by atoms with Crippen LogP contribution in [0.4, 0.5) is 11.5 Å². The van der Waals surface area contributed by atoms with Crippen molar-refractivity contribution in [1.29, 1.82) is 0 Å². The first-order chi connectivity index (χ1) is 6.58. The highest BCUT2D eigenvalue weighted by Gasteiger charge is 2.04. The second-order valence-corrected chi connectivity index (χ2v) is 4.74. The van der Waals surface area contributed by atoms with Crippen LogP contribution in [0.15, 0.2) is 18.3 Å². The largest absolute Gasteiger partial charge is 0.397 e. The lowest BCUT2D eigenvalue weighted by molar-refractivity contribution is 0.683. The summed E-state index contributed by atoms with van der Waals surface area (Å²) in [5, 5.41) is 3.14. The van der Waals surface area contributed by atoms with Gasteiger partial charge in [-0.3, -0.25) is 4.21 Å². The Morgan fingerprint density at radius 3 is 2.86 bits per heavy atom. The van der Waals surface area contributed by atoms with Gasteiger partial charge in [-0.15, -0.1) is 0 Å². The molecule has 4 nitrogen and oxygen atoms in total. The molecule has 2 atom stereocenters. The van der Waals surface area contributed by atoms with E-state index in [1.807, 2.05) is 13.0 Å². The average molecular weight is 213 g/mol. The molecule has 0 aliphatic heterocycles. The highest BCUT2D eigenvalue weighted by molar-refractivity contribution is 7.84. The van der Waals surface area contributed by atoms with Gasteiger partial charge in [0, 0.05) is 28.9 Å². The van der Waals surface area contributed by atoms with Gasteiger partial charge in [0.2, 0.25) is 0 Å². The molecular formula is C9H15N3OS. The minimum Gasteiger partial charge on any atom is -0.397 e. The Morgan fingerprint density at radius 2 is 2.36 bits per heavy atom. The molecule has 0 amide bonds. The van der Waals surface area contributed by atoms with E-state index >= 15 is 0 Å². The molecule has 14 heavy (non-hydrogen) atoms. The highest BCUT2D eigenvalue weighted by Crippen LogP contribution is 2.07. The standard InChI is InChI=1S/C9H15N3OS/c1-7(6-14(2)13)12-9-4-3-8(10)5-11-9/h3-5,7H,6,10H2,1-2H3,(H,11,12). The first-order valence-corrected chi connectivity index (χ1v) is 6.08. The minimum atomic E-state index is -0.789. The normalized spacial score (nSPS) is 14.7. The lowest BCUT2D eigenvalue weighted by Crippen LogP contribution is -2.22. The predicted octanol–water partition coefficient (Wildman–Crippen LogP) is 0.843. The van der Waals surface area contributed by atoms with E-state index in [0.29, 0.717) is 11.4 Å². The molecule has 0 aliphatic rings. The van der Waals surface area contributed by atoms with Crippen molar-refractivity contribution >= 4 is 22.3 Å². The molecule has 0 aromatic carbocycles. The van der Waals surface area contributed by atoms with Crippen LogP contribution >= 0.6 is 0 Å². The molecule has 0 saturated heterocycles. The van der Waals surface area contributed by atoms with Crippen molar-refractivity contribution in [3.05, 3.63) is 18.3 Å². The minimum absolute atomic E-state index is 0.150. The summed E-state index contributed by atoms with van der Waals surface area (Å²) in [5.41, 5.74) is 6.14. The fraction of sp³-hybridized carbons (Fsp3) is 0.444. The van der Waals surface area contributed by atoms with E-state index in [1.165, 1.54) is 0 Å². The molecule has 1 aromatic rings. The first kappa shape index (κ1) is 11.0. The van der Waals surface area contributed by atoms with Crippen LogP contribution in [0.25, 0.3) is 0 Å². The summed E-state index contributed by atoms with van der Waals surface area (Å²) in [6, 6.07) is 3.74. The van der Waals surface area contributed by atoms with Crippen molar-refractivity contribution < 1.29 is 4.21 Å². The van der Waals surface area contributed by atoms with Crippen LogP contribution in [0, 0.1) is 0 Å². The average Bonchev–Trinajstić information content (AvgIpc) is 2.07. The molecule has 78 valence electrons. The molecular weight excluding hydrogens is 198 g/mol. The van der Waals surface area contributed by atoms with Crippen LogP contribution in [0.3, 0.4) is 0 Å². The lowest BCUT2D eigenvalue weighted by Gasteiger charge is -2.12. The summed E-state index contributed by atoms with van der Waals surface area (Å²) >= 11 is 0. The van der Waals surface area contributed by atoms with E-state index in [0.717, 1.165) is 5.82 Å². The van der Waals surface area contributed by atoms with Gasteiger partial charge in [0.05, 0.1) is 11.9 Å². The van der Waals surface area contributed by atoms with Crippen LogP contribution in [0.5, 0.6) is 0 Å². The van der Waals surface area contributed by atoms with E-state index in [1.54, 1.807) is 18.5 Å². The number of nitrogens with one attached hydrogen (secondary N) is 1. The zero-order chi connectivity index (χ0) is 10.6. The Kier molecular flexibility index (Phi) is 3.88. The van der Waals surface area contributed by atoms with E-state index in [2.05, 4.69) is 10.3 Å². The second-order valence-electron chi connectivity index (χ2n) is 3.26. The van der Waals surface area contributed by atoms with E-state index in [-0.39, 0.29) is 6.04 Å². The monoisotopic (exact) mass is 213 g/mol. The summed E-state index contributed by atoms with van der Waals surface area (Å²) in [6.45, 7) is 1.97. The molecule has 0 bridgehead atoms. The van der Waals surface area contributed by atoms with E-state index in [9.17, 15) is 4.21 Å². The van der Waals surface area contributed by atoms with Crippen molar-refractivity contribution in [3.8, 4) is 0 Å². The summed E-state index contributed by atoms with van der Waals surface area (Å²) in [5.74, 6) is 1.38. The Balaban J connectivity index is 2.51. The Hall–Kier alpha value is -1.10. The van der Waals surface area contributed by atoms with Crippen molar-refractivity contribution in [3.63, 3.8) is 0 Å². The third kappa shape index (κ3) is 3.74. The molecule has 1 aromatic heterocycles. The summed E-state index contributed by atoms with van der Waals surface area (Å²) < 4.78 is 10.9. The summed E-state index contributed by atoms with van der Waals surface area (Å²) in [6.07, 6.45) is 3.28. The Bertz CT molecular complexity index is 312. The van der Waals surface area contributed by atoms with E-state index < -0.39 is 10.8 Å². The number of aromatic nitrogens is 1. The van der Waals surface area contributed by atoms with Gasteiger partial charge >= 0.3 is 0 Å². The van der Waals surface area contributed by atoms with Gasteiger partial charge < -0.3 is 11.1 Å². The zero-order valence-electron chi connectivity index (χ0n) is 8.36. The zero-order valence-corrected chi connectivity index (χ0v) is 9.17. The molecule has 1 rings (SSSR count). The van der Waals surface area contributed by atoms with Crippen molar-refractivity contribution in [1.82, 2.24) is 4.98 Å². The maximum Gasteiger partial charge on any atom is 0.126 e. The van der Waals surface area contributed by atoms with Gasteiger partial charge in [0.25, 0.3) is 0 Å². The number of hydrogen-bond donors (Lipinski definition) is 2. The molecule has 2 unspecified atom stereocenters. The Labute approximate surface area is 86.4 Å². The maximum absolute atomic E-state index is 10.9. The number of nitrogens with zero attached hydrogens (tertiary/aromatic N) is 1. The molecule has 0 fully saturated rings. The van der Waals surface area contributed by atoms with Gasteiger partial charge in [-0.25, -0.2) is 4.98 Å². The fourth-order valence-electron chi connectivity index (χ4n) is 1.14. The van der Waals surface area contributed by atoms with Gasteiger partial charge in [0.1, 0.15) is 5.82 Å². The molecule has 3 N–H and O–H groups in total. The molecule has 0 radical (unpaired) electrons. The van der Waals surface area contributed by atoms with Gasteiger partial charge in [-0.2, -0.15) is 0 Å². The van der Waals surface area contributed by atoms with Crippen LogP contribution in [-0.2, 0) is 10.8 Å². The lowest BCUT2D eigenvalue weighted by atomic mass is 10.3. The van der Waals surface area contributed by atoms with Crippen LogP contribution in [-0.4, -0.2) is 27.2 Å². The van der Waals surface area contributed by atoms with E-state index in [4.69, 9.17) is 5.73 Å². The van der Waals surface area contributed by atoms with Gasteiger partial charge in [0.15, 0.2) is 0 Å². The topological polar surface area (TPSA) is 68.0 Å². The van der Waals surface area contributed by atoms with Gasteiger partial charge in [-0.1, -0.05) is 0 Å². The number of pyridine rings is 1. The number of rotatable bonds is 4. The molecule has 0 aliphatic carbocycles. The fourth-order valence-corrected chi connectivity index (χ4v) is 1.92. The van der Waals surface area contributed by atoms with Crippen LogP contribution in [0.1, 0.15) is 6.92 Å². The third-order valence-electron chi connectivity index (χ3n) is 1.67. The molecule has 0 saturated carbocycles. The highest BCUT2D eigenvalue weighted by atomic mass is 32.2. The second kappa shape index (κ2) is 4.95. The predicted molar refractivity (Wildman–Crippen MR) is 60.7 cm³/mol.